The Morgan fingerprint density at radius 1 is 1.44 bits per heavy atom. The molecule has 0 saturated carbocycles. The zero-order chi connectivity index (χ0) is 18.6. The summed E-state index contributed by atoms with van der Waals surface area (Å²) in [4.78, 5) is 39.3. The number of urea groups is 1. The van der Waals surface area contributed by atoms with Crippen molar-refractivity contribution in [3.8, 4) is 0 Å². The van der Waals surface area contributed by atoms with Crippen molar-refractivity contribution >= 4 is 17.8 Å². The minimum atomic E-state index is -1.04. The second-order valence-corrected chi connectivity index (χ2v) is 7.15. The Bertz CT molecular complexity index is 523. The number of hydrogen-bond donors (Lipinski definition) is 2. The third-order valence-corrected chi connectivity index (χ3v) is 4.51. The Morgan fingerprint density at radius 2 is 2.16 bits per heavy atom. The molecule has 0 unspecified atom stereocenters. The molecule has 0 aromatic carbocycles. The Labute approximate surface area is 148 Å². The molecular weight excluding hydrogens is 328 g/mol. The average Bonchev–Trinajstić information content (AvgIpc) is 2.71. The van der Waals surface area contributed by atoms with Gasteiger partial charge in [0.15, 0.2) is 0 Å². The fourth-order valence-electron chi connectivity index (χ4n) is 2.80. The molecule has 9 nitrogen and oxygen atoms in total. The third-order valence-electron chi connectivity index (χ3n) is 4.51. The van der Waals surface area contributed by atoms with Gasteiger partial charge in [-0.15, -0.1) is 0 Å². The van der Waals surface area contributed by atoms with Crippen molar-refractivity contribution in [2.75, 3.05) is 47.0 Å². The van der Waals surface area contributed by atoms with Gasteiger partial charge in [-0.1, -0.05) is 0 Å². The van der Waals surface area contributed by atoms with Crippen molar-refractivity contribution < 1.29 is 23.9 Å². The van der Waals surface area contributed by atoms with Crippen molar-refractivity contribution in [2.24, 2.45) is 0 Å². The van der Waals surface area contributed by atoms with Gasteiger partial charge in [-0.25, -0.2) is 4.79 Å². The molecule has 0 spiro atoms. The van der Waals surface area contributed by atoms with Crippen molar-refractivity contribution in [3.05, 3.63) is 0 Å². The van der Waals surface area contributed by atoms with Crippen LogP contribution < -0.4 is 10.6 Å². The van der Waals surface area contributed by atoms with Crippen LogP contribution in [0.5, 0.6) is 0 Å². The van der Waals surface area contributed by atoms with Crippen LogP contribution in [0.2, 0.25) is 0 Å². The molecule has 25 heavy (non-hydrogen) atoms. The monoisotopic (exact) mass is 356 g/mol. The number of carbonyl (C=O) groups is 3. The molecule has 142 valence electrons. The van der Waals surface area contributed by atoms with Gasteiger partial charge in [-0.05, 0) is 34.4 Å². The minimum absolute atomic E-state index is 0.125. The molecule has 4 amide bonds. The van der Waals surface area contributed by atoms with E-state index in [9.17, 15) is 14.4 Å². The molecule has 0 aliphatic carbocycles. The van der Waals surface area contributed by atoms with Crippen LogP contribution in [0.4, 0.5) is 4.79 Å². The van der Waals surface area contributed by atoms with Gasteiger partial charge >= 0.3 is 6.03 Å². The summed E-state index contributed by atoms with van der Waals surface area (Å²) < 4.78 is 11.3. The molecule has 2 N–H and O–H groups in total. The van der Waals surface area contributed by atoms with Gasteiger partial charge < -0.3 is 24.6 Å². The summed E-state index contributed by atoms with van der Waals surface area (Å²) in [6.07, 6.45) is 0.576. The summed E-state index contributed by atoms with van der Waals surface area (Å²) in [6.45, 7) is 5.35. The van der Waals surface area contributed by atoms with Crippen LogP contribution in [0.1, 0.15) is 20.3 Å². The predicted molar refractivity (Wildman–Crippen MR) is 90.0 cm³/mol. The first-order chi connectivity index (χ1) is 11.7. The van der Waals surface area contributed by atoms with Crippen molar-refractivity contribution in [3.63, 3.8) is 0 Å². The van der Waals surface area contributed by atoms with Gasteiger partial charge in [0.05, 0.1) is 25.4 Å². The molecule has 2 saturated heterocycles. The lowest BCUT2D eigenvalue weighted by atomic mass is 10.0. The van der Waals surface area contributed by atoms with Crippen LogP contribution in [0.25, 0.3) is 0 Å². The van der Waals surface area contributed by atoms with E-state index in [4.69, 9.17) is 9.47 Å². The Kier molecular flexibility index (Phi) is 6.36. The van der Waals surface area contributed by atoms with Crippen LogP contribution in [0, 0.1) is 0 Å². The Balaban J connectivity index is 1.89. The lowest BCUT2D eigenvalue weighted by molar-refractivity contribution is -0.129. The number of imide groups is 1. The molecule has 0 radical (unpaired) electrons. The first-order valence-corrected chi connectivity index (χ1v) is 8.48. The number of nitrogens with zero attached hydrogens (tertiary/aromatic N) is 2. The molecule has 2 aliphatic heterocycles. The highest BCUT2D eigenvalue weighted by atomic mass is 16.5. The lowest BCUT2D eigenvalue weighted by Gasteiger charge is -2.33. The van der Waals surface area contributed by atoms with Gasteiger partial charge in [0.2, 0.25) is 5.91 Å². The fourth-order valence-corrected chi connectivity index (χ4v) is 2.80. The molecule has 2 heterocycles. The Hall–Kier alpha value is -1.71. The van der Waals surface area contributed by atoms with E-state index in [1.54, 1.807) is 13.8 Å². The van der Waals surface area contributed by atoms with E-state index in [-0.39, 0.29) is 24.6 Å². The zero-order valence-electron chi connectivity index (χ0n) is 15.3. The predicted octanol–water partition coefficient (Wildman–Crippen LogP) is -0.831. The standard InChI is InChI=1S/C16H28N4O5/c1-16(2)14(22)18-15(23)20(16)9-13(21)17-11-10-24-7-5-12(11)25-8-6-19(3)4/h11-12H,5-10H2,1-4H3,(H,17,21)(H,18,22,23)/t11-,12+/m1/s1. The van der Waals surface area contributed by atoms with E-state index in [2.05, 4.69) is 10.6 Å². The first-order valence-electron chi connectivity index (χ1n) is 8.48. The number of nitrogens with one attached hydrogen (secondary N) is 2. The van der Waals surface area contributed by atoms with Crippen LogP contribution in [0.15, 0.2) is 0 Å². The molecule has 2 rings (SSSR count). The largest absolute Gasteiger partial charge is 0.379 e. The van der Waals surface area contributed by atoms with Gasteiger partial charge in [0.25, 0.3) is 5.91 Å². The van der Waals surface area contributed by atoms with Crippen LogP contribution >= 0.6 is 0 Å². The molecule has 2 aliphatic rings. The summed E-state index contributed by atoms with van der Waals surface area (Å²) in [6, 6.07) is -0.822. The van der Waals surface area contributed by atoms with Crippen molar-refractivity contribution in [2.45, 2.75) is 38.0 Å². The van der Waals surface area contributed by atoms with Gasteiger partial charge in [0, 0.05) is 13.2 Å². The van der Waals surface area contributed by atoms with Crippen LogP contribution in [0.3, 0.4) is 0 Å². The third kappa shape index (κ3) is 4.90. The number of rotatable bonds is 7. The molecule has 9 heteroatoms. The molecular formula is C16H28N4O5. The number of ether oxygens (including phenoxy) is 2. The normalized spacial score (nSPS) is 26.0. The van der Waals surface area contributed by atoms with Gasteiger partial charge in [-0.3, -0.25) is 14.9 Å². The number of amides is 4. The number of likely N-dealkylation sites (N-methyl/N-ethyl adjacent to an activating group) is 1. The van der Waals surface area contributed by atoms with E-state index in [0.29, 0.717) is 26.2 Å². The van der Waals surface area contributed by atoms with Gasteiger partial charge in [0.1, 0.15) is 12.1 Å². The molecule has 2 atom stereocenters. The highest BCUT2D eigenvalue weighted by Crippen LogP contribution is 2.20. The second kappa shape index (κ2) is 8.11. The first kappa shape index (κ1) is 19.6. The minimum Gasteiger partial charge on any atom is -0.379 e. The molecule has 0 aromatic heterocycles. The quantitative estimate of drug-likeness (QED) is 0.578. The summed E-state index contributed by atoms with van der Waals surface area (Å²) in [5, 5.41) is 5.10. The van der Waals surface area contributed by atoms with Gasteiger partial charge in [-0.2, -0.15) is 0 Å². The second-order valence-electron chi connectivity index (χ2n) is 7.15. The SMILES string of the molecule is CN(C)CCO[C@H]1CCOC[C@H]1NC(=O)CN1C(=O)NC(=O)C1(C)C. The smallest absolute Gasteiger partial charge is 0.325 e. The maximum absolute atomic E-state index is 12.4. The van der Waals surface area contributed by atoms with Crippen molar-refractivity contribution in [1.82, 2.24) is 20.4 Å². The fraction of sp³-hybridized carbons (Fsp3) is 0.812. The van der Waals surface area contributed by atoms with E-state index < -0.39 is 17.5 Å². The highest BCUT2D eigenvalue weighted by molar-refractivity contribution is 6.07. The lowest BCUT2D eigenvalue weighted by Crippen LogP contribution is -2.55. The van der Waals surface area contributed by atoms with E-state index in [1.807, 2.05) is 19.0 Å². The van der Waals surface area contributed by atoms with E-state index in [1.165, 1.54) is 4.90 Å². The molecule has 0 aromatic rings. The Morgan fingerprint density at radius 3 is 2.76 bits per heavy atom. The van der Waals surface area contributed by atoms with Crippen molar-refractivity contribution in [1.29, 1.82) is 0 Å². The summed E-state index contributed by atoms with van der Waals surface area (Å²) in [5.41, 5.74) is -1.04. The number of hydrogen-bond acceptors (Lipinski definition) is 6. The summed E-state index contributed by atoms with van der Waals surface area (Å²) >= 11 is 0. The molecule has 2 fully saturated rings. The molecule has 0 bridgehead atoms. The highest BCUT2D eigenvalue weighted by Gasteiger charge is 2.46. The topological polar surface area (TPSA) is 100 Å². The number of carbonyl (C=O) groups excluding carboxylic acids is 3. The van der Waals surface area contributed by atoms with E-state index >= 15 is 0 Å². The van der Waals surface area contributed by atoms with Crippen LogP contribution in [-0.2, 0) is 19.1 Å². The van der Waals surface area contributed by atoms with Crippen LogP contribution in [-0.4, -0.2) is 92.3 Å². The van der Waals surface area contributed by atoms with E-state index in [0.717, 1.165) is 6.54 Å². The maximum atomic E-state index is 12.4. The summed E-state index contributed by atoms with van der Waals surface area (Å²) in [7, 11) is 3.94. The zero-order valence-corrected chi connectivity index (χ0v) is 15.3. The average molecular weight is 356 g/mol. The summed E-state index contributed by atoms with van der Waals surface area (Å²) in [5.74, 6) is -0.745. The maximum Gasteiger partial charge on any atom is 0.325 e.